The number of carbonyl (C=O) groups is 1. The third-order valence-corrected chi connectivity index (χ3v) is 4.10. The van der Waals surface area contributed by atoms with Crippen LogP contribution in [0.1, 0.15) is 16.7 Å². The van der Waals surface area contributed by atoms with E-state index in [1.165, 1.54) is 28.8 Å². The van der Waals surface area contributed by atoms with Crippen LogP contribution in [0.15, 0.2) is 42.5 Å². The smallest absolute Gasteiger partial charge is 0.234 e. The average molecular weight is 303 g/mol. The van der Waals surface area contributed by atoms with Crippen LogP contribution in [0, 0.1) is 19.7 Å². The first kappa shape index (κ1) is 15.6. The highest BCUT2D eigenvalue weighted by atomic mass is 32.2. The Bertz CT molecular complexity index is 625. The number of aryl methyl sites for hydroxylation is 2. The van der Waals surface area contributed by atoms with Crippen molar-refractivity contribution in [2.24, 2.45) is 0 Å². The molecule has 0 heterocycles. The van der Waals surface area contributed by atoms with Crippen LogP contribution >= 0.6 is 11.8 Å². The second-order valence-corrected chi connectivity index (χ2v) is 5.96. The van der Waals surface area contributed by atoms with E-state index >= 15 is 0 Å². The highest BCUT2D eigenvalue weighted by Crippen LogP contribution is 2.18. The van der Waals surface area contributed by atoms with Gasteiger partial charge in [0.05, 0.1) is 5.75 Å². The van der Waals surface area contributed by atoms with Crippen molar-refractivity contribution < 1.29 is 9.18 Å². The molecule has 21 heavy (non-hydrogen) atoms. The maximum atomic E-state index is 12.8. The summed E-state index contributed by atoms with van der Waals surface area (Å²) in [5.41, 5.74) is 4.35. The van der Waals surface area contributed by atoms with Gasteiger partial charge in [0.25, 0.3) is 0 Å². The number of amides is 1. The van der Waals surface area contributed by atoms with Crippen molar-refractivity contribution in [1.82, 2.24) is 0 Å². The minimum atomic E-state index is -0.308. The summed E-state index contributed by atoms with van der Waals surface area (Å²) < 4.78 is 12.8. The van der Waals surface area contributed by atoms with Crippen molar-refractivity contribution in [2.45, 2.75) is 19.6 Å². The molecule has 2 aromatic carbocycles. The molecule has 0 aliphatic carbocycles. The Hall–Kier alpha value is -1.81. The van der Waals surface area contributed by atoms with E-state index in [-0.39, 0.29) is 11.7 Å². The van der Waals surface area contributed by atoms with Gasteiger partial charge in [-0.2, -0.15) is 0 Å². The first-order valence-electron chi connectivity index (χ1n) is 6.74. The number of thioether (sulfide) groups is 1. The molecule has 0 aromatic heterocycles. The third kappa shape index (κ3) is 4.90. The summed E-state index contributed by atoms with van der Waals surface area (Å²) in [6, 6.07) is 12.1. The lowest BCUT2D eigenvalue weighted by atomic mass is 10.1. The van der Waals surface area contributed by atoms with Crippen LogP contribution in [0.4, 0.5) is 10.1 Å². The number of halogens is 1. The molecule has 0 aliphatic heterocycles. The Balaban J connectivity index is 1.81. The van der Waals surface area contributed by atoms with Crippen LogP contribution < -0.4 is 5.32 Å². The predicted octanol–water partition coefficient (Wildman–Crippen LogP) is 4.31. The SMILES string of the molecule is Cc1ccc(C)c(CSCC(=O)Nc2ccc(F)cc2)c1. The predicted molar refractivity (Wildman–Crippen MR) is 87.1 cm³/mol. The minimum Gasteiger partial charge on any atom is -0.325 e. The molecule has 0 unspecified atom stereocenters. The Kier molecular flexibility index (Phi) is 5.39. The van der Waals surface area contributed by atoms with Crippen molar-refractivity contribution in [3.8, 4) is 0 Å². The molecule has 0 saturated heterocycles. The second-order valence-electron chi connectivity index (χ2n) is 4.98. The van der Waals surface area contributed by atoms with Crippen LogP contribution in [0.25, 0.3) is 0 Å². The van der Waals surface area contributed by atoms with Gasteiger partial charge in [0.2, 0.25) is 5.91 Å². The van der Waals surface area contributed by atoms with E-state index in [0.29, 0.717) is 11.4 Å². The molecule has 4 heteroatoms. The lowest BCUT2D eigenvalue weighted by molar-refractivity contribution is -0.113. The quantitative estimate of drug-likeness (QED) is 0.891. The lowest BCUT2D eigenvalue weighted by Gasteiger charge is -2.08. The lowest BCUT2D eigenvalue weighted by Crippen LogP contribution is -2.14. The monoisotopic (exact) mass is 303 g/mol. The zero-order valence-corrected chi connectivity index (χ0v) is 13.0. The second kappa shape index (κ2) is 7.27. The van der Waals surface area contributed by atoms with E-state index < -0.39 is 0 Å². The van der Waals surface area contributed by atoms with E-state index in [9.17, 15) is 9.18 Å². The zero-order chi connectivity index (χ0) is 15.2. The normalized spacial score (nSPS) is 10.4. The third-order valence-electron chi connectivity index (χ3n) is 3.12. The van der Waals surface area contributed by atoms with Gasteiger partial charge in [-0.25, -0.2) is 4.39 Å². The number of anilines is 1. The fourth-order valence-electron chi connectivity index (χ4n) is 1.94. The van der Waals surface area contributed by atoms with Gasteiger partial charge >= 0.3 is 0 Å². The van der Waals surface area contributed by atoms with E-state index in [4.69, 9.17) is 0 Å². The molecular weight excluding hydrogens is 285 g/mol. The number of rotatable bonds is 5. The summed E-state index contributed by atoms with van der Waals surface area (Å²) in [4.78, 5) is 11.8. The summed E-state index contributed by atoms with van der Waals surface area (Å²) in [5.74, 6) is 0.809. The van der Waals surface area contributed by atoms with Gasteiger partial charge in [-0.15, -0.1) is 11.8 Å². The first-order valence-corrected chi connectivity index (χ1v) is 7.89. The molecule has 0 fully saturated rings. The van der Waals surface area contributed by atoms with Crippen molar-refractivity contribution in [3.63, 3.8) is 0 Å². The Morgan fingerprint density at radius 2 is 1.86 bits per heavy atom. The summed E-state index contributed by atoms with van der Waals surface area (Å²) >= 11 is 1.57. The van der Waals surface area contributed by atoms with Crippen molar-refractivity contribution in [1.29, 1.82) is 0 Å². The molecule has 1 N–H and O–H groups in total. The molecule has 0 saturated carbocycles. The van der Waals surface area contributed by atoms with E-state index in [1.807, 2.05) is 0 Å². The number of carbonyl (C=O) groups excluding carboxylic acids is 1. The molecule has 0 spiro atoms. The Morgan fingerprint density at radius 1 is 1.14 bits per heavy atom. The van der Waals surface area contributed by atoms with Gasteiger partial charge in [0.15, 0.2) is 0 Å². The minimum absolute atomic E-state index is 0.0723. The van der Waals surface area contributed by atoms with Gasteiger partial charge in [-0.05, 0) is 49.2 Å². The molecule has 2 nitrogen and oxygen atoms in total. The summed E-state index contributed by atoms with van der Waals surface area (Å²) in [6.07, 6.45) is 0. The maximum absolute atomic E-state index is 12.8. The summed E-state index contributed by atoms with van der Waals surface area (Å²) in [6.45, 7) is 4.14. The van der Waals surface area contributed by atoms with Gasteiger partial charge in [0, 0.05) is 11.4 Å². The fraction of sp³-hybridized carbons (Fsp3) is 0.235. The van der Waals surface area contributed by atoms with Gasteiger partial charge < -0.3 is 5.32 Å². The van der Waals surface area contributed by atoms with Crippen molar-refractivity contribution in [3.05, 3.63) is 65.0 Å². The van der Waals surface area contributed by atoms with E-state index in [2.05, 4.69) is 37.4 Å². The number of hydrogen-bond donors (Lipinski definition) is 1. The van der Waals surface area contributed by atoms with E-state index in [0.717, 1.165) is 5.75 Å². The standard InChI is InChI=1S/C17H18FNOS/c1-12-3-4-13(2)14(9-12)10-21-11-17(20)19-16-7-5-15(18)6-8-16/h3-9H,10-11H2,1-2H3,(H,19,20). The van der Waals surface area contributed by atoms with Gasteiger partial charge in [-0.3, -0.25) is 4.79 Å². The highest BCUT2D eigenvalue weighted by Gasteiger charge is 2.05. The van der Waals surface area contributed by atoms with Gasteiger partial charge in [0.1, 0.15) is 5.82 Å². The molecular formula is C17H18FNOS. The summed E-state index contributed by atoms with van der Waals surface area (Å²) in [7, 11) is 0. The largest absolute Gasteiger partial charge is 0.325 e. The van der Waals surface area contributed by atoms with E-state index in [1.54, 1.807) is 23.9 Å². The average Bonchev–Trinajstić information content (AvgIpc) is 2.45. The van der Waals surface area contributed by atoms with Crippen LogP contribution in [-0.2, 0) is 10.5 Å². The molecule has 0 atom stereocenters. The molecule has 0 aliphatic rings. The molecule has 2 aromatic rings. The molecule has 0 bridgehead atoms. The topological polar surface area (TPSA) is 29.1 Å². The molecule has 0 radical (unpaired) electrons. The number of benzene rings is 2. The fourth-order valence-corrected chi connectivity index (χ4v) is 2.83. The van der Waals surface area contributed by atoms with Crippen molar-refractivity contribution >= 4 is 23.4 Å². The Labute approximate surface area is 128 Å². The van der Waals surface area contributed by atoms with Gasteiger partial charge in [-0.1, -0.05) is 23.8 Å². The van der Waals surface area contributed by atoms with Crippen LogP contribution in [-0.4, -0.2) is 11.7 Å². The first-order chi connectivity index (χ1) is 10.0. The van der Waals surface area contributed by atoms with Crippen LogP contribution in [0.2, 0.25) is 0 Å². The molecule has 2 rings (SSSR count). The maximum Gasteiger partial charge on any atom is 0.234 e. The highest BCUT2D eigenvalue weighted by molar-refractivity contribution is 7.99. The van der Waals surface area contributed by atoms with Crippen molar-refractivity contribution in [2.75, 3.05) is 11.1 Å². The Morgan fingerprint density at radius 3 is 2.57 bits per heavy atom. The number of hydrogen-bond acceptors (Lipinski definition) is 2. The van der Waals surface area contributed by atoms with Crippen LogP contribution in [0.3, 0.4) is 0 Å². The summed E-state index contributed by atoms with van der Waals surface area (Å²) in [5, 5.41) is 2.75. The zero-order valence-electron chi connectivity index (χ0n) is 12.2. The molecule has 110 valence electrons. The molecule has 1 amide bonds. The number of nitrogens with one attached hydrogen (secondary N) is 1. The van der Waals surface area contributed by atoms with Crippen LogP contribution in [0.5, 0.6) is 0 Å².